The van der Waals surface area contributed by atoms with Crippen molar-refractivity contribution in [3.63, 3.8) is 0 Å². The Morgan fingerprint density at radius 2 is 2.04 bits per heavy atom. The van der Waals surface area contributed by atoms with Gasteiger partial charge in [-0.15, -0.1) is 0 Å². The molecule has 8 heteroatoms. The van der Waals surface area contributed by atoms with Gasteiger partial charge in [0.2, 0.25) is 5.95 Å². The van der Waals surface area contributed by atoms with E-state index in [2.05, 4.69) is 11.8 Å². The molecule has 8 nitrogen and oxygen atoms in total. The lowest BCUT2D eigenvalue weighted by molar-refractivity contribution is 0.414. The molecule has 0 radical (unpaired) electrons. The molecule has 27 heavy (non-hydrogen) atoms. The average molecular weight is 369 g/mol. The summed E-state index contributed by atoms with van der Waals surface area (Å²) in [6.07, 6.45) is 0. The molecule has 1 aliphatic heterocycles. The first-order valence-corrected chi connectivity index (χ1v) is 9.07. The van der Waals surface area contributed by atoms with Crippen LogP contribution in [0.1, 0.15) is 13.8 Å². The summed E-state index contributed by atoms with van der Waals surface area (Å²) < 4.78 is 10.0. The average Bonchev–Trinajstić information content (AvgIpc) is 3.05. The third-order valence-corrected chi connectivity index (χ3v) is 5.12. The molecule has 3 heterocycles. The Bertz CT molecular complexity index is 1140. The Morgan fingerprint density at radius 1 is 1.26 bits per heavy atom. The molecule has 0 amide bonds. The molecule has 0 bridgehead atoms. The van der Waals surface area contributed by atoms with E-state index in [1.54, 1.807) is 21.1 Å². The standard InChI is InChI=1S/C19H23N5O3/c1-5-22-17(25)15-16(21(3)19(22)26)20-18-23(10-12(2)11-24(15)18)13-7-6-8-14(9-13)27-4/h6-9,12H,5,10-11H2,1-4H3/t12-/m0/s1. The van der Waals surface area contributed by atoms with E-state index in [4.69, 9.17) is 9.72 Å². The molecule has 0 saturated heterocycles. The molecular formula is C19H23N5O3. The molecular weight excluding hydrogens is 346 g/mol. The van der Waals surface area contributed by atoms with Crippen LogP contribution in [0.15, 0.2) is 33.9 Å². The van der Waals surface area contributed by atoms with Crippen LogP contribution in [-0.2, 0) is 20.1 Å². The maximum atomic E-state index is 13.0. The van der Waals surface area contributed by atoms with Crippen LogP contribution >= 0.6 is 0 Å². The lowest BCUT2D eigenvalue weighted by Gasteiger charge is -2.33. The van der Waals surface area contributed by atoms with Gasteiger partial charge in [0, 0.05) is 38.4 Å². The zero-order valence-corrected chi connectivity index (χ0v) is 16.0. The summed E-state index contributed by atoms with van der Waals surface area (Å²) in [5.74, 6) is 1.75. The molecule has 0 spiro atoms. The van der Waals surface area contributed by atoms with Crippen molar-refractivity contribution in [2.24, 2.45) is 13.0 Å². The summed E-state index contributed by atoms with van der Waals surface area (Å²) in [6.45, 7) is 5.72. The van der Waals surface area contributed by atoms with Gasteiger partial charge in [0.15, 0.2) is 11.2 Å². The van der Waals surface area contributed by atoms with Crippen LogP contribution in [0.4, 0.5) is 11.6 Å². The maximum Gasteiger partial charge on any atom is 0.332 e. The van der Waals surface area contributed by atoms with Crippen molar-refractivity contribution < 1.29 is 4.74 Å². The van der Waals surface area contributed by atoms with Crippen molar-refractivity contribution in [1.82, 2.24) is 18.7 Å². The smallest absolute Gasteiger partial charge is 0.332 e. The monoisotopic (exact) mass is 369 g/mol. The normalized spacial score (nSPS) is 16.6. The molecule has 1 atom stereocenters. The molecule has 0 fully saturated rings. The number of hydrogen-bond acceptors (Lipinski definition) is 5. The maximum absolute atomic E-state index is 13.0. The second-order valence-corrected chi connectivity index (χ2v) is 7.00. The minimum absolute atomic E-state index is 0.283. The van der Waals surface area contributed by atoms with Gasteiger partial charge < -0.3 is 14.2 Å². The van der Waals surface area contributed by atoms with E-state index >= 15 is 0 Å². The van der Waals surface area contributed by atoms with Crippen LogP contribution in [0.5, 0.6) is 5.75 Å². The highest BCUT2D eigenvalue weighted by Crippen LogP contribution is 2.34. The summed E-state index contributed by atoms with van der Waals surface area (Å²) in [7, 11) is 3.30. The topological polar surface area (TPSA) is 74.3 Å². The lowest BCUT2D eigenvalue weighted by Crippen LogP contribution is -2.40. The number of aromatic nitrogens is 4. The fourth-order valence-corrected chi connectivity index (χ4v) is 3.78. The Balaban J connectivity index is 2.01. The summed E-state index contributed by atoms with van der Waals surface area (Å²) >= 11 is 0. The van der Waals surface area contributed by atoms with Gasteiger partial charge in [-0.3, -0.25) is 13.9 Å². The molecule has 0 unspecified atom stereocenters. The van der Waals surface area contributed by atoms with Gasteiger partial charge in [0.1, 0.15) is 5.75 Å². The van der Waals surface area contributed by atoms with Crippen LogP contribution in [-0.4, -0.2) is 32.3 Å². The summed E-state index contributed by atoms with van der Waals surface area (Å²) in [6, 6.07) is 7.77. The number of hydrogen-bond donors (Lipinski definition) is 0. The second-order valence-electron chi connectivity index (χ2n) is 7.00. The van der Waals surface area contributed by atoms with Crippen LogP contribution in [0.2, 0.25) is 0 Å². The molecule has 0 N–H and O–H groups in total. The van der Waals surface area contributed by atoms with Crippen LogP contribution in [0.25, 0.3) is 11.2 Å². The van der Waals surface area contributed by atoms with Crippen LogP contribution < -0.4 is 20.9 Å². The van der Waals surface area contributed by atoms with Crippen molar-refractivity contribution in [2.45, 2.75) is 26.9 Å². The minimum atomic E-state index is -0.341. The summed E-state index contributed by atoms with van der Waals surface area (Å²) in [5, 5.41) is 0. The number of ether oxygens (including phenoxy) is 1. The van der Waals surface area contributed by atoms with Gasteiger partial charge in [-0.2, -0.15) is 4.98 Å². The molecule has 1 aliphatic rings. The number of anilines is 2. The number of methoxy groups -OCH3 is 1. The number of aryl methyl sites for hydroxylation is 1. The fourth-order valence-electron chi connectivity index (χ4n) is 3.78. The predicted octanol–water partition coefficient (Wildman–Crippen LogP) is 1.71. The molecule has 0 aliphatic carbocycles. The van der Waals surface area contributed by atoms with Crippen molar-refractivity contribution in [2.75, 3.05) is 18.6 Å². The minimum Gasteiger partial charge on any atom is -0.497 e. The van der Waals surface area contributed by atoms with Gasteiger partial charge in [0.25, 0.3) is 5.56 Å². The fraction of sp³-hybridized carbons (Fsp3) is 0.421. The van der Waals surface area contributed by atoms with Crippen molar-refractivity contribution in [1.29, 1.82) is 0 Å². The first-order chi connectivity index (χ1) is 13.0. The van der Waals surface area contributed by atoms with E-state index in [9.17, 15) is 9.59 Å². The Kier molecular flexibility index (Phi) is 4.05. The van der Waals surface area contributed by atoms with Gasteiger partial charge in [-0.25, -0.2) is 4.79 Å². The van der Waals surface area contributed by atoms with E-state index in [1.807, 2.05) is 28.8 Å². The zero-order valence-electron chi connectivity index (χ0n) is 16.0. The molecule has 1 aromatic carbocycles. The van der Waals surface area contributed by atoms with Crippen LogP contribution in [0, 0.1) is 5.92 Å². The Hall–Kier alpha value is -3.03. The second kappa shape index (κ2) is 6.29. The van der Waals surface area contributed by atoms with Crippen molar-refractivity contribution in [3.8, 4) is 5.75 Å². The van der Waals surface area contributed by atoms with E-state index in [0.717, 1.165) is 18.0 Å². The number of nitrogens with zero attached hydrogens (tertiary/aromatic N) is 5. The molecule has 142 valence electrons. The highest BCUT2D eigenvalue weighted by Gasteiger charge is 2.29. The summed E-state index contributed by atoms with van der Waals surface area (Å²) in [4.78, 5) is 32.2. The Morgan fingerprint density at radius 3 is 2.74 bits per heavy atom. The van der Waals surface area contributed by atoms with E-state index in [1.165, 1.54) is 9.13 Å². The van der Waals surface area contributed by atoms with E-state index < -0.39 is 0 Å². The highest BCUT2D eigenvalue weighted by atomic mass is 16.5. The quantitative estimate of drug-likeness (QED) is 0.703. The number of rotatable bonds is 3. The third-order valence-electron chi connectivity index (χ3n) is 5.12. The number of benzene rings is 1. The SMILES string of the molecule is CCn1c(=O)c2c(nc3n2C[C@@H](C)CN3c2cccc(OC)c2)n(C)c1=O. The highest BCUT2D eigenvalue weighted by molar-refractivity contribution is 5.77. The first kappa shape index (κ1) is 17.4. The molecule has 4 rings (SSSR count). The van der Waals surface area contributed by atoms with Gasteiger partial charge >= 0.3 is 5.69 Å². The Labute approximate surface area is 156 Å². The van der Waals surface area contributed by atoms with Gasteiger partial charge in [0.05, 0.1) is 7.11 Å². The van der Waals surface area contributed by atoms with Crippen LogP contribution in [0.3, 0.4) is 0 Å². The largest absolute Gasteiger partial charge is 0.497 e. The number of fused-ring (bicyclic) bond motifs is 3. The number of imidazole rings is 1. The van der Waals surface area contributed by atoms with E-state index in [-0.39, 0.29) is 11.2 Å². The summed E-state index contributed by atoms with van der Waals surface area (Å²) in [5.41, 5.74) is 1.22. The first-order valence-electron chi connectivity index (χ1n) is 9.07. The predicted molar refractivity (Wildman–Crippen MR) is 104 cm³/mol. The zero-order chi connectivity index (χ0) is 19.3. The third kappa shape index (κ3) is 2.55. The van der Waals surface area contributed by atoms with Gasteiger partial charge in [-0.05, 0) is 25.0 Å². The van der Waals surface area contributed by atoms with Crippen molar-refractivity contribution >= 4 is 22.8 Å². The molecule has 0 saturated carbocycles. The van der Waals surface area contributed by atoms with Crippen molar-refractivity contribution in [3.05, 3.63) is 45.1 Å². The lowest BCUT2D eigenvalue weighted by atomic mass is 10.1. The molecule has 3 aromatic rings. The molecule has 2 aromatic heterocycles. The van der Waals surface area contributed by atoms with E-state index in [0.29, 0.717) is 36.1 Å². The van der Waals surface area contributed by atoms with Gasteiger partial charge in [-0.1, -0.05) is 13.0 Å².